The number of aliphatic hydroxyl groups is 2. The van der Waals surface area contributed by atoms with Gasteiger partial charge in [0.15, 0.2) is 10.6 Å². The highest BCUT2D eigenvalue weighted by Crippen LogP contribution is 2.46. The van der Waals surface area contributed by atoms with Crippen LogP contribution in [0.1, 0.15) is 38.1 Å². The highest BCUT2D eigenvalue weighted by molar-refractivity contribution is 7.79. The maximum Gasteiger partial charge on any atom is 0.335 e. The molecular weight excluding hydrogens is 475 g/mol. The molecule has 3 rings (SSSR count). The summed E-state index contributed by atoms with van der Waals surface area (Å²) in [7, 11) is -3.15. The van der Waals surface area contributed by atoms with Crippen LogP contribution in [0.2, 0.25) is 0 Å². The summed E-state index contributed by atoms with van der Waals surface area (Å²) in [5, 5.41) is 27.8. The third kappa shape index (κ3) is 10.2. The SMILES string of the molecule is CC(C)C(CO)C(CO)C(C)C.O=C(O)c1ccccc1.O[P+](O)(c1ccccc1)c1ccccc1. The fourth-order valence-electron chi connectivity index (χ4n) is 3.68. The molecule has 0 radical (unpaired) electrons. The summed E-state index contributed by atoms with van der Waals surface area (Å²) in [6, 6.07) is 26.2. The summed E-state index contributed by atoms with van der Waals surface area (Å²) in [6.45, 7) is 8.72. The van der Waals surface area contributed by atoms with E-state index < -0.39 is 13.7 Å². The third-order valence-corrected chi connectivity index (χ3v) is 7.97. The second kappa shape index (κ2) is 16.2. The van der Waals surface area contributed by atoms with Gasteiger partial charge in [-0.25, -0.2) is 14.6 Å². The Kier molecular flexibility index (Phi) is 14.1. The Morgan fingerprint density at radius 2 is 0.944 bits per heavy atom. The maximum absolute atomic E-state index is 10.2. The van der Waals surface area contributed by atoms with Crippen LogP contribution in [0.3, 0.4) is 0 Å². The van der Waals surface area contributed by atoms with E-state index in [0.29, 0.717) is 28.0 Å². The van der Waals surface area contributed by atoms with E-state index in [-0.39, 0.29) is 25.0 Å². The van der Waals surface area contributed by atoms with Gasteiger partial charge < -0.3 is 15.3 Å². The Hall–Kier alpha value is -2.60. The molecule has 7 heteroatoms. The van der Waals surface area contributed by atoms with Crippen molar-refractivity contribution in [3.05, 3.63) is 96.6 Å². The number of aromatic carboxylic acids is 1. The van der Waals surface area contributed by atoms with Crippen LogP contribution in [0.25, 0.3) is 0 Å². The van der Waals surface area contributed by atoms with Crippen molar-refractivity contribution in [1.82, 2.24) is 0 Å². The average Bonchev–Trinajstić information content (AvgIpc) is 2.89. The lowest BCUT2D eigenvalue weighted by Gasteiger charge is -2.30. The van der Waals surface area contributed by atoms with Crippen LogP contribution in [0.5, 0.6) is 0 Å². The van der Waals surface area contributed by atoms with Gasteiger partial charge >= 0.3 is 13.7 Å². The number of rotatable bonds is 8. The Morgan fingerprint density at radius 3 is 1.17 bits per heavy atom. The summed E-state index contributed by atoms with van der Waals surface area (Å²) >= 11 is 0. The molecule has 6 nitrogen and oxygen atoms in total. The van der Waals surface area contributed by atoms with E-state index >= 15 is 0 Å². The topological polar surface area (TPSA) is 118 Å². The highest BCUT2D eigenvalue weighted by Gasteiger charge is 2.39. The van der Waals surface area contributed by atoms with Gasteiger partial charge in [-0.05, 0) is 60.1 Å². The zero-order chi connectivity index (χ0) is 27.1. The molecule has 5 N–H and O–H groups in total. The molecule has 0 spiro atoms. The molecule has 2 atom stereocenters. The number of carboxylic acids is 1. The van der Waals surface area contributed by atoms with Gasteiger partial charge in [-0.3, -0.25) is 0 Å². The van der Waals surface area contributed by atoms with Crippen LogP contribution in [-0.2, 0) is 0 Å². The minimum Gasteiger partial charge on any atom is -0.478 e. The lowest BCUT2D eigenvalue weighted by atomic mass is 9.78. The molecule has 2 unspecified atom stereocenters. The summed E-state index contributed by atoms with van der Waals surface area (Å²) in [6.07, 6.45) is 0. The second-order valence-electron chi connectivity index (χ2n) is 9.12. The lowest BCUT2D eigenvalue weighted by Crippen LogP contribution is -2.30. The van der Waals surface area contributed by atoms with Crippen molar-refractivity contribution in [1.29, 1.82) is 0 Å². The van der Waals surface area contributed by atoms with E-state index in [9.17, 15) is 14.6 Å². The molecule has 0 bridgehead atoms. The average molecular weight is 516 g/mol. The molecule has 3 aromatic carbocycles. The zero-order valence-electron chi connectivity index (χ0n) is 21.5. The fraction of sp³-hybridized carbons (Fsp3) is 0.345. The molecule has 0 aromatic heterocycles. The zero-order valence-corrected chi connectivity index (χ0v) is 22.4. The number of aliphatic hydroxyl groups excluding tert-OH is 2. The first-order valence-electron chi connectivity index (χ1n) is 12.0. The van der Waals surface area contributed by atoms with Gasteiger partial charge in [0.05, 0.1) is 5.56 Å². The third-order valence-electron chi connectivity index (χ3n) is 5.94. The molecule has 196 valence electrons. The van der Waals surface area contributed by atoms with Crippen molar-refractivity contribution in [2.45, 2.75) is 27.7 Å². The molecule has 0 fully saturated rings. The monoisotopic (exact) mass is 515 g/mol. The first kappa shape index (κ1) is 31.4. The molecule has 36 heavy (non-hydrogen) atoms. The van der Waals surface area contributed by atoms with Gasteiger partial charge in [0.25, 0.3) is 0 Å². The number of carbonyl (C=O) groups is 1. The molecule has 0 saturated heterocycles. The molecule has 0 aliphatic carbocycles. The number of hydrogen-bond acceptors (Lipinski definition) is 5. The number of hydrogen-bond donors (Lipinski definition) is 5. The summed E-state index contributed by atoms with van der Waals surface area (Å²) < 4.78 is 0. The normalized spacial score (nSPS) is 12.6. The first-order chi connectivity index (χ1) is 17.1. The van der Waals surface area contributed by atoms with Crippen LogP contribution >= 0.6 is 7.72 Å². The molecule has 0 aliphatic heterocycles. The Labute approximate surface area is 215 Å². The van der Waals surface area contributed by atoms with Crippen molar-refractivity contribution < 1.29 is 29.9 Å². The molecular formula is C29H40O6P+. The number of carboxylic acid groups (broad SMARTS) is 1. The van der Waals surface area contributed by atoms with Crippen LogP contribution in [0, 0.1) is 23.7 Å². The Morgan fingerprint density at radius 1 is 0.639 bits per heavy atom. The van der Waals surface area contributed by atoms with Gasteiger partial charge in [0, 0.05) is 13.2 Å². The van der Waals surface area contributed by atoms with Gasteiger partial charge in [0.2, 0.25) is 0 Å². The van der Waals surface area contributed by atoms with Crippen molar-refractivity contribution in [3.8, 4) is 0 Å². The standard InChI is InChI=1S/C12H12O2P.C10H22O2.C7H6O2/c13-15(14,11-7-3-1-4-8-11)12-9-5-2-6-10-12;1-7(2)9(5-11)10(6-12)8(3)4;8-7(9)6-4-2-1-3-5-6/h1-10,13-14H;7-12H,5-6H2,1-4H3;1-5H,(H,8,9)/q+1;;. The van der Waals surface area contributed by atoms with E-state index in [4.69, 9.17) is 15.3 Å². The van der Waals surface area contributed by atoms with Gasteiger partial charge in [-0.1, -0.05) is 82.3 Å². The van der Waals surface area contributed by atoms with Gasteiger partial charge in [-0.15, -0.1) is 0 Å². The first-order valence-corrected chi connectivity index (χ1v) is 13.7. The molecule has 0 saturated carbocycles. The van der Waals surface area contributed by atoms with E-state index in [2.05, 4.69) is 27.7 Å². The van der Waals surface area contributed by atoms with Gasteiger partial charge in [0.1, 0.15) is 0 Å². The van der Waals surface area contributed by atoms with E-state index in [1.807, 2.05) is 12.1 Å². The minimum absolute atomic E-state index is 0.182. The summed E-state index contributed by atoms with van der Waals surface area (Å²) in [5.74, 6) is 0.463. The highest BCUT2D eigenvalue weighted by atomic mass is 31.2. The molecule has 0 amide bonds. The van der Waals surface area contributed by atoms with Crippen LogP contribution < -0.4 is 10.6 Å². The predicted molar refractivity (Wildman–Crippen MR) is 148 cm³/mol. The molecule has 3 aromatic rings. The smallest absolute Gasteiger partial charge is 0.335 e. The van der Waals surface area contributed by atoms with Crippen LogP contribution in [0.4, 0.5) is 0 Å². The lowest BCUT2D eigenvalue weighted by molar-refractivity contribution is 0.0633. The van der Waals surface area contributed by atoms with E-state index in [1.165, 1.54) is 0 Å². The minimum atomic E-state index is -3.15. The van der Waals surface area contributed by atoms with Crippen molar-refractivity contribution in [2.75, 3.05) is 13.2 Å². The van der Waals surface area contributed by atoms with Crippen LogP contribution in [-0.4, -0.2) is 44.3 Å². The molecule has 0 heterocycles. The largest absolute Gasteiger partial charge is 0.478 e. The quantitative estimate of drug-likeness (QED) is 0.284. The number of benzene rings is 3. The Bertz CT molecular complexity index is 923. The van der Waals surface area contributed by atoms with Gasteiger partial charge in [-0.2, -0.15) is 0 Å². The fourth-order valence-corrected chi connectivity index (χ4v) is 5.16. The summed E-state index contributed by atoms with van der Waals surface area (Å²) in [5.41, 5.74) is 0.331. The van der Waals surface area contributed by atoms with Crippen molar-refractivity contribution in [3.63, 3.8) is 0 Å². The van der Waals surface area contributed by atoms with E-state index in [1.54, 1.807) is 78.9 Å². The maximum atomic E-state index is 10.2. The van der Waals surface area contributed by atoms with Crippen molar-refractivity contribution >= 4 is 24.3 Å². The van der Waals surface area contributed by atoms with Crippen LogP contribution in [0.15, 0.2) is 91.0 Å². The van der Waals surface area contributed by atoms with Crippen molar-refractivity contribution in [2.24, 2.45) is 23.7 Å². The summed E-state index contributed by atoms with van der Waals surface area (Å²) in [4.78, 5) is 30.4. The second-order valence-corrected chi connectivity index (χ2v) is 11.4. The Balaban J connectivity index is 0.000000280. The van der Waals surface area contributed by atoms with E-state index in [0.717, 1.165) is 0 Å². The molecule has 0 aliphatic rings. The predicted octanol–water partition coefficient (Wildman–Crippen LogP) is 4.37.